The van der Waals surface area contributed by atoms with Gasteiger partial charge >= 0.3 is 0 Å². The van der Waals surface area contributed by atoms with Crippen LogP contribution in [0.15, 0.2) is 17.8 Å². The zero-order valence-electron chi connectivity index (χ0n) is 11.3. The predicted octanol–water partition coefficient (Wildman–Crippen LogP) is 3.05. The number of rotatable bonds is 4. The SMILES string of the molecule is CC/C(=C/c1cc2c(cc1OC)CC(C)O2)[N+](=O)[O-]. The summed E-state index contributed by atoms with van der Waals surface area (Å²) < 4.78 is 11.0. The van der Waals surface area contributed by atoms with Gasteiger partial charge in [0.05, 0.1) is 12.0 Å². The number of hydrogen-bond donors (Lipinski definition) is 0. The molecule has 19 heavy (non-hydrogen) atoms. The molecule has 0 saturated carbocycles. The third-order valence-electron chi connectivity index (χ3n) is 3.17. The van der Waals surface area contributed by atoms with E-state index in [-0.39, 0.29) is 16.7 Å². The molecule has 0 spiro atoms. The van der Waals surface area contributed by atoms with E-state index in [1.807, 2.05) is 19.1 Å². The van der Waals surface area contributed by atoms with Gasteiger partial charge in [0.1, 0.15) is 17.6 Å². The van der Waals surface area contributed by atoms with Crippen molar-refractivity contribution in [1.29, 1.82) is 0 Å². The molecule has 0 saturated heterocycles. The monoisotopic (exact) mass is 263 g/mol. The summed E-state index contributed by atoms with van der Waals surface area (Å²) in [6.07, 6.45) is 2.89. The normalized spacial score (nSPS) is 17.8. The Morgan fingerprint density at radius 2 is 2.37 bits per heavy atom. The zero-order valence-corrected chi connectivity index (χ0v) is 11.3. The van der Waals surface area contributed by atoms with Gasteiger partial charge in [0.25, 0.3) is 0 Å². The predicted molar refractivity (Wildman–Crippen MR) is 72.1 cm³/mol. The Kier molecular flexibility index (Phi) is 3.74. The first kappa shape index (κ1) is 13.4. The Balaban J connectivity index is 2.46. The lowest BCUT2D eigenvalue weighted by Crippen LogP contribution is -2.05. The Morgan fingerprint density at radius 1 is 1.63 bits per heavy atom. The van der Waals surface area contributed by atoms with Crippen LogP contribution in [0.5, 0.6) is 11.5 Å². The van der Waals surface area contributed by atoms with Crippen LogP contribution < -0.4 is 9.47 Å². The topological polar surface area (TPSA) is 61.6 Å². The van der Waals surface area contributed by atoms with Crippen LogP contribution in [-0.2, 0) is 6.42 Å². The van der Waals surface area contributed by atoms with Crippen molar-refractivity contribution < 1.29 is 14.4 Å². The summed E-state index contributed by atoms with van der Waals surface area (Å²) >= 11 is 0. The lowest BCUT2D eigenvalue weighted by atomic mass is 10.1. The molecule has 1 aromatic rings. The summed E-state index contributed by atoms with van der Waals surface area (Å²) in [5.41, 5.74) is 1.92. The first-order valence-electron chi connectivity index (χ1n) is 6.27. The van der Waals surface area contributed by atoms with E-state index in [9.17, 15) is 10.1 Å². The molecule has 1 aliphatic heterocycles. The van der Waals surface area contributed by atoms with Gasteiger partial charge in [0, 0.05) is 30.0 Å². The van der Waals surface area contributed by atoms with Crippen LogP contribution in [0.1, 0.15) is 31.4 Å². The summed E-state index contributed by atoms with van der Waals surface area (Å²) in [5, 5.41) is 10.9. The number of nitro groups is 1. The van der Waals surface area contributed by atoms with E-state index in [0.717, 1.165) is 17.7 Å². The molecule has 1 aliphatic rings. The first-order chi connectivity index (χ1) is 9.05. The summed E-state index contributed by atoms with van der Waals surface area (Å²) in [6, 6.07) is 3.72. The van der Waals surface area contributed by atoms with E-state index >= 15 is 0 Å². The van der Waals surface area contributed by atoms with Gasteiger partial charge in [-0.15, -0.1) is 0 Å². The van der Waals surface area contributed by atoms with Crippen molar-refractivity contribution in [2.45, 2.75) is 32.8 Å². The molecular formula is C14H17NO4. The molecule has 1 aromatic carbocycles. The largest absolute Gasteiger partial charge is 0.496 e. The maximum atomic E-state index is 10.9. The van der Waals surface area contributed by atoms with E-state index in [1.165, 1.54) is 0 Å². The molecule has 1 unspecified atom stereocenters. The number of methoxy groups -OCH3 is 1. The zero-order chi connectivity index (χ0) is 14.0. The van der Waals surface area contributed by atoms with Crippen molar-refractivity contribution in [2.75, 3.05) is 7.11 Å². The summed E-state index contributed by atoms with van der Waals surface area (Å²) in [5.74, 6) is 1.43. The molecule has 0 N–H and O–H groups in total. The molecule has 2 rings (SSSR count). The molecule has 0 bridgehead atoms. The van der Waals surface area contributed by atoms with Crippen molar-refractivity contribution in [3.63, 3.8) is 0 Å². The van der Waals surface area contributed by atoms with Gasteiger partial charge in [-0.2, -0.15) is 0 Å². The van der Waals surface area contributed by atoms with Gasteiger partial charge in [-0.3, -0.25) is 10.1 Å². The van der Waals surface area contributed by atoms with Gasteiger partial charge in [0.15, 0.2) is 0 Å². The third kappa shape index (κ3) is 2.70. The first-order valence-corrected chi connectivity index (χ1v) is 6.27. The fourth-order valence-electron chi connectivity index (χ4n) is 2.21. The minimum Gasteiger partial charge on any atom is -0.496 e. The number of nitrogens with zero attached hydrogens (tertiary/aromatic N) is 1. The van der Waals surface area contributed by atoms with Gasteiger partial charge in [-0.05, 0) is 19.1 Å². The average molecular weight is 263 g/mol. The van der Waals surface area contributed by atoms with E-state index in [4.69, 9.17) is 9.47 Å². The van der Waals surface area contributed by atoms with Crippen molar-refractivity contribution in [2.24, 2.45) is 0 Å². The molecule has 0 amide bonds. The van der Waals surface area contributed by atoms with Crippen LogP contribution in [0, 0.1) is 10.1 Å². The molecule has 0 aliphatic carbocycles. The average Bonchev–Trinajstić information content (AvgIpc) is 2.73. The minimum absolute atomic E-state index is 0.139. The van der Waals surface area contributed by atoms with Crippen LogP contribution in [0.25, 0.3) is 6.08 Å². The number of allylic oxidation sites excluding steroid dienone is 1. The smallest absolute Gasteiger partial charge is 0.246 e. The highest BCUT2D eigenvalue weighted by Crippen LogP contribution is 2.36. The molecule has 0 aromatic heterocycles. The lowest BCUT2D eigenvalue weighted by Gasteiger charge is -2.08. The fraction of sp³-hybridized carbons (Fsp3) is 0.429. The van der Waals surface area contributed by atoms with E-state index in [1.54, 1.807) is 20.1 Å². The maximum absolute atomic E-state index is 10.9. The maximum Gasteiger partial charge on any atom is 0.246 e. The van der Waals surface area contributed by atoms with Crippen molar-refractivity contribution in [3.8, 4) is 11.5 Å². The van der Waals surface area contributed by atoms with Crippen molar-refractivity contribution in [1.82, 2.24) is 0 Å². The summed E-state index contributed by atoms with van der Waals surface area (Å²) in [7, 11) is 1.57. The molecule has 5 heteroatoms. The van der Waals surface area contributed by atoms with Crippen LogP contribution in [0.2, 0.25) is 0 Å². The summed E-state index contributed by atoms with van der Waals surface area (Å²) in [4.78, 5) is 10.5. The highest BCUT2D eigenvalue weighted by atomic mass is 16.6. The third-order valence-corrected chi connectivity index (χ3v) is 3.17. The second kappa shape index (κ2) is 5.30. The van der Waals surface area contributed by atoms with Crippen molar-refractivity contribution in [3.05, 3.63) is 39.1 Å². The number of fused-ring (bicyclic) bond motifs is 1. The molecule has 0 radical (unpaired) electrons. The standard InChI is InChI=1S/C14H17NO4/c1-4-12(15(16)17)6-11-8-14-10(5-9(2)19-14)7-13(11)18-3/h6-9H,4-5H2,1-3H3/b12-6-. The Hall–Kier alpha value is -2.04. The Morgan fingerprint density at radius 3 is 2.95 bits per heavy atom. The molecular weight excluding hydrogens is 246 g/mol. The van der Waals surface area contributed by atoms with Crippen LogP contribution in [0.4, 0.5) is 0 Å². The lowest BCUT2D eigenvalue weighted by molar-refractivity contribution is -0.425. The Bertz CT molecular complexity index is 536. The number of benzene rings is 1. The number of ether oxygens (including phenoxy) is 2. The van der Waals surface area contributed by atoms with Gasteiger partial charge in [-0.1, -0.05) is 6.92 Å². The van der Waals surface area contributed by atoms with Crippen LogP contribution >= 0.6 is 0 Å². The molecule has 102 valence electrons. The minimum atomic E-state index is -0.365. The van der Waals surface area contributed by atoms with E-state index in [0.29, 0.717) is 17.7 Å². The van der Waals surface area contributed by atoms with E-state index in [2.05, 4.69) is 0 Å². The van der Waals surface area contributed by atoms with Crippen LogP contribution in [-0.4, -0.2) is 18.1 Å². The summed E-state index contributed by atoms with van der Waals surface area (Å²) in [6.45, 7) is 3.75. The fourth-order valence-corrected chi connectivity index (χ4v) is 2.21. The molecule has 0 fully saturated rings. The highest BCUT2D eigenvalue weighted by molar-refractivity contribution is 5.63. The second-order valence-electron chi connectivity index (χ2n) is 4.58. The highest BCUT2D eigenvalue weighted by Gasteiger charge is 2.22. The molecule has 5 nitrogen and oxygen atoms in total. The van der Waals surface area contributed by atoms with Gasteiger partial charge in [-0.25, -0.2) is 0 Å². The van der Waals surface area contributed by atoms with Gasteiger partial charge in [0.2, 0.25) is 5.70 Å². The van der Waals surface area contributed by atoms with Crippen LogP contribution in [0.3, 0.4) is 0 Å². The van der Waals surface area contributed by atoms with E-state index < -0.39 is 0 Å². The second-order valence-corrected chi connectivity index (χ2v) is 4.58. The quantitative estimate of drug-likeness (QED) is 0.618. The van der Waals surface area contributed by atoms with Gasteiger partial charge < -0.3 is 9.47 Å². The molecule has 1 atom stereocenters. The van der Waals surface area contributed by atoms with Crippen molar-refractivity contribution >= 4 is 6.08 Å². The Labute approximate surface area is 112 Å². The number of hydrogen-bond acceptors (Lipinski definition) is 4. The molecule has 1 heterocycles.